The number of aryl methyl sites for hydroxylation is 1. The summed E-state index contributed by atoms with van der Waals surface area (Å²) in [7, 11) is 0. The molecule has 0 atom stereocenters. The second-order valence-corrected chi connectivity index (χ2v) is 4.96. The third-order valence-corrected chi connectivity index (χ3v) is 2.74. The lowest BCUT2D eigenvalue weighted by Crippen LogP contribution is -2.32. The summed E-state index contributed by atoms with van der Waals surface area (Å²) in [5, 5.41) is 11.9. The Bertz CT molecular complexity index is 514. The van der Waals surface area contributed by atoms with E-state index in [0.29, 0.717) is 11.3 Å². The average molecular weight is 281 g/mol. The first kappa shape index (κ1) is 15.9. The predicted molar refractivity (Wildman–Crippen MR) is 72.6 cm³/mol. The summed E-state index contributed by atoms with van der Waals surface area (Å²) >= 11 is 0. The van der Waals surface area contributed by atoms with E-state index in [0.717, 1.165) is 0 Å². The Labute approximate surface area is 117 Å². The quantitative estimate of drug-likeness (QED) is 0.761. The highest BCUT2D eigenvalue weighted by molar-refractivity contribution is 5.90. The van der Waals surface area contributed by atoms with Gasteiger partial charge in [0.2, 0.25) is 5.95 Å². The van der Waals surface area contributed by atoms with Crippen molar-refractivity contribution in [3.05, 3.63) is 17.5 Å². The summed E-state index contributed by atoms with van der Waals surface area (Å²) in [6.07, 6.45) is 1.37. The molecular formula is C13H19N3O4. The Morgan fingerprint density at radius 2 is 2.10 bits per heavy atom. The molecule has 1 heterocycles. The number of esters is 1. The number of carbonyl (C=O) groups is 2. The highest BCUT2D eigenvalue weighted by atomic mass is 16.5. The van der Waals surface area contributed by atoms with Crippen molar-refractivity contribution in [3.63, 3.8) is 0 Å². The Balaban J connectivity index is 2.78. The van der Waals surface area contributed by atoms with Crippen LogP contribution in [0.4, 0.5) is 5.95 Å². The van der Waals surface area contributed by atoms with E-state index >= 15 is 0 Å². The van der Waals surface area contributed by atoms with Gasteiger partial charge in [-0.2, -0.15) is 0 Å². The van der Waals surface area contributed by atoms with Gasteiger partial charge >= 0.3 is 11.9 Å². The lowest BCUT2D eigenvalue weighted by molar-refractivity contribution is -0.146. The highest BCUT2D eigenvalue weighted by Crippen LogP contribution is 2.16. The largest absolute Gasteiger partial charge is 0.481 e. The molecule has 2 N–H and O–H groups in total. The first-order valence-corrected chi connectivity index (χ1v) is 6.26. The van der Waals surface area contributed by atoms with Gasteiger partial charge in [0.25, 0.3) is 0 Å². The fraction of sp³-hybridized carbons (Fsp3) is 0.538. The number of carboxylic acid groups (broad SMARTS) is 1. The van der Waals surface area contributed by atoms with Crippen molar-refractivity contribution in [1.29, 1.82) is 0 Å². The number of aromatic nitrogens is 2. The Hall–Kier alpha value is -2.18. The predicted octanol–water partition coefficient (Wildman–Crippen LogP) is 1.48. The number of hydrogen-bond acceptors (Lipinski definition) is 6. The van der Waals surface area contributed by atoms with Crippen molar-refractivity contribution in [3.8, 4) is 0 Å². The average Bonchev–Trinajstić information content (AvgIpc) is 2.36. The maximum atomic E-state index is 11.6. The summed E-state index contributed by atoms with van der Waals surface area (Å²) in [6, 6.07) is 0. The van der Waals surface area contributed by atoms with E-state index < -0.39 is 17.4 Å². The first-order valence-electron chi connectivity index (χ1n) is 6.26. The van der Waals surface area contributed by atoms with Gasteiger partial charge < -0.3 is 15.2 Å². The van der Waals surface area contributed by atoms with Gasteiger partial charge in [-0.3, -0.25) is 4.79 Å². The number of nitrogens with zero attached hydrogens (tertiary/aromatic N) is 2. The molecule has 0 spiro atoms. The summed E-state index contributed by atoms with van der Waals surface area (Å²) in [6.45, 7) is 7.05. The molecule has 1 aromatic rings. The van der Waals surface area contributed by atoms with Gasteiger partial charge in [0, 0.05) is 12.7 Å². The lowest BCUT2D eigenvalue weighted by Gasteiger charge is -2.19. The molecule has 1 aromatic heterocycles. The van der Waals surface area contributed by atoms with E-state index in [4.69, 9.17) is 9.84 Å². The number of carbonyl (C=O) groups excluding carboxylic acids is 1. The van der Waals surface area contributed by atoms with Crippen molar-refractivity contribution >= 4 is 17.9 Å². The van der Waals surface area contributed by atoms with Crippen LogP contribution in [0, 0.1) is 12.3 Å². The van der Waals surface area contributed by atoms with E-state index in [2.05, 4.69) is 15.3 Å². The summed E-state index contributed by atoms with van der Waals surface area (Å²) < 4.78 is 4.88. The van der Waals surface area contributed by atoms with Crippen LogP contribution in [0.2, 0.25) is 0 Å². The minimum atomic E-state index is -0.933. The Morgan fingerprint density at radius 3 is 2.60 bits per heavy atom. The van der Waals surface area contributed by atoms with Gasteiger partial charge in [-0.1, -0.05) is 0 Å². The van der Waals surface area contributed by atoms with E-state index in [1.54, 1.807) is 27.7 Å². The van der Waals surface area contributed by atoms with Gasteiger partial charge in [0.15, 0.2) is 0 Å². The summed E-state index contributed by atoms with van der Waals surface area (Å²) in [4.78, 5) is 30.7. The van der Waals surface area contributed by atoms with Crippen molar-refractivity contribution in [2.75, 3.05) is 18.5 Å². The van der Waals surface area contributed by atoms with Gasteiger partial charge in [0.1, 0.15) is 0 Å². The fourth-order valence-corrected chi connectivity index (χ4v) is 1.34. The molecule has 110 valence electrons. The maximum absolute atomic E-state index is 11.6. The zero-order chi connectivity index (χ0) is 15.3. The molecule has 7 heteroatoms. The second-order valence-electron chi connectivity index (χ2n) is 4.96. The summed E-state index contributed by atoms with van der Waals surface area (Å²) in [5.74, 6) is -1.10. The monoisotopic (exact) mass is 281 g/mol. The molecule has 0 aliphatic heterocycles. The topological polar surface area (TPSA) is 101 Å². The molecule has 0 fully saturated rings. The van der Waals surface area contributed by atoms with Crippen molar-refractivity contribution in [1.82, 2.24) is 9.97 Å². The molecule has 0 aliphatic carbocycles. The number of rotatable bonds is 6. The van der Waals surface area contributed by atoms with Crippen LogP contribution in [0.3, 0.4) is 0 Å². The molecule has 1 rings (SSSR count). The number of hydrogen-bond donors (Lipinski definition) is 2. The van der Waals surface area contributed by atoms with Crippen LogP contribution in [0.1, 0.15) is 36.8 Å². The number of aliphatic carboxylic acids is 1. The third kappa shape index (κ3) is 3.91. The molecule has 7 nitrogen and oxygen atoms in total. The molecule has 0 unspecified atom stereocenters. The number of ether oxygens (including phenoxy) is 1. The third-order valence-electron chi connectivity index (χ3n) is 2.74. The van der Waals surface area contributed by atoms with Gasteiger partial charge in [-0.25, -0.2) is 14.8 Å². The van der Waals surface area contributed by atoms with E-state index in [1.165, 1.54) is 6.20 Å². The molecule has 0 aromatic carbocycles. The number of nitrogens with one attached hydrogen (secondary N) is 1. The highest BCUT2D eigenvalue weighted by Gasteiger charge is 2.27. The lowest BCUT2D eigenvalue weighted by atomic mass is 9.94. The normalized spacial score (nSPS) is 11.0. The molecule has 0 radical (unpaired) electrons. The minimum Gasteiger partial charge on any atom is -0.481 e. The van der Waals surface area contributed by atoms with E-state index in [-0.39, 0.29) is 19.1 Å². The van der Waals surface area contributed by atoms with Gasteiger partial charge in [0.05, 0.1) is 23.3 Å². The van der Waals surface area contributed by atoms with Crippen molar-refractivity contribution in [2.45, 2.75) is 27.7 Å². The molecule has 0 saturated carbocycles. The second kappa shape index (κ2) is 6.31. The van der Waals surface area contributed by atoms with Gasteiger partial charge in [-0.15, -0.1) is 0 Å². The SMILES string of the molecule is CCOC(=O)c1cnc(NCC(C)(C)C(=O)O)nc1C. The number of carboxylic acids is 1. The molecule has 0 bridgehead atoms. The summed E-state index contributed by atoms with van der Waals surface area (Å²) in [5.41, 5.74) is -0.152. The molecule has 0 amide bonds. The van der Waals surface area contributed by atoms with Crippen LogP contribution < -0.4 is 5.32 Å². The first-order chi connectivity index (χ1) is 9.27. The zero-order valence-corrected chi connectivity index (χ0v) is 12.1. The molecule has 0 saturated heterocycles. The smallest absolute Gasteiger partial charge is 0.341 e. The molecule has 0 aliphatic rings. The van der Waals surface area contributed by atoms with Crippen LogP contribution in [0.15, 0.2) is 6.20 Å². The van der Waals surface area contributed by atoms with Gasteiger partial charge in [-0.05, 0) is 27.7 Å². The van der Waals surface area contributed by atoms with Crippen LogP contribution in [-0.2, 0) is 9.53 Å². The van der Waals surface area contributed by atoms with E-state index in [9.17, 15) is 9.59 Å². The molecule has 20 heavy (non-hydrogen) atoms. The Kier molecular flexibility index (Phi) is 5.01. The van der Waals surface area contributed by atoms with Crippen molar-refractivity contribution < 1.29 is 19.4 Å². The maximum Gasteiger partial charge on any atom is 0.341 e. The Morgan fingerprint density at radius 1 is 1.45 bits per heavy atom. The standard InChI is InChI=1S/C13H19N3O4/c1-5-20-10(17)9-6-14-12(16-8(9)2)15-7-13(3,4)11(18)19/h6H,5,7H2,1-4H3,(H,18,19)(H,14,15,16). The zero-order valence-electron chi connectivity index (χ0n) is 12.1. The van der Waals surface area contributed by atoms with Crippen LogP contribution in [0.5, 0.6) is 0 Å². The number of anilines is 1. The van der Waals surface area contributed by atoms with Crippen LogP contribution >= 0.6 is 0 Å². The fourth-order valence-electron chi connectivity index (χ4n) is 1.34. The van der Waals surface area contributed by atoms with E-state index in [1.807, 2.05) is 0 Å². The van der Waals surface area contributed by atoms with Crippen molar-refractivity contribution in [2.24, 2.45) is 5.41 Å². The molecular weight excluding hydrogens is 262 g/mol. The minimum absolute atomic E-state index is 0.181. The van der Waals surface area contributed by atoms with Crippen LogP contribution in [-0.4, -0.2) is 40.2 Å². The van der Waals surface area contributed by atoms with Crippen LogP contribution in [0.25, 0.3) is 0 Å².